The highest BCUT2D eigenvalue weighted by Gasteiger charge is 2.27. The van der Waals surface area contributed by atoms with Crippen molar-refractivity contribution in [2.75, 3.05) is 26.7 Å². The van der Waals surface area contributed by atoms with Crippen LogP contribution in [0.25, 0.3) is 0 Å². The third-order valence-electron chi connectivity index (χ3n) is 6.44. The van der Waals surface area contributed by atoms with Gasteiger partial charge in [0.2, 0.25) is 15.9 Å². The van der Waals surface area contributed by atoms with E-state index in [4.69, 9.17) is 5.73 Å². The van der Waals surface area contributed by atoms with E-state index in [-0.39, 0.29) is 35.6 Å². The van der Waals surface area contributed by atoms with E-state index in [2.05, 4.69) is 10.1 Å². The van der Waals surface area contributed by atoms with Gasteiger partial charge in [0.15, 0.2) is 0 Å². The van der Waals surface area contributed by atoms with Crippen molar-refractivity contribution >= 4 is 27.7 Å². The van der Waals surface area contributed by atoms with Crippen LogP contribution in [0, 0.1) is 0 Å². The van der Waals surface area contributed by atoms with Gasteiger partial charge in [0, 0.05) is 43.4 Å². The van der Waals surface area contributed by atoms with E-state index in [0.717, 1.165) is 18.4 Å². The van der Waals surface area contributed by atoms with Crippen molar-refractivity contribution in [3.63, 3.8) is 0 Å². The highest BCUT2D eigenvalue weighted by molar-refractivity contribution is 7.90. The van der Waals surface area contributed by atoms with Crippen molar-refractivity contribution in [1.82, 2.24) is 20.1 Å². The molecular weight excluding hydrogens is 546 g/mol. The van der Waals surface area contributed by atoms with E-state index in [1.54, 1.807) is 4.90 Å². The number of primary amides is 1. The summed E-state index contributed by atoms with van der Waals surface area (Å²) in [6.07, 6.45) is 0.537. The number of carbonyl (C=O) groups excluding carboxylic acids is 3. The van der Waals surface area contributed by atoms with Gasteiger partial charge in [0.25, 0.3) is 11.8 Å². The highest BCUT2D eigenvalue weighted by atomic mass is 32.2. The van der Waals surface area contributed by atoms with Crippen LogP contribution in [0.4, 0.5) is 0 Å². The molecular formula is C29H43N5O6S. The van der Waals surface area contributed by atoms with E-state index in [0.29, 0.717) is 13.1 Å². The first kappa shape index (κ1) is 33.9. The molecule has 12 heteroatoms. The van der Waals surface area contributed by atoms with Crippen molar-refractivity contribution in [1.29, 1.82) is 0 Å². The number of hydrogen-bond donors (Lipinski definition) is 4. The Morgan fingerprint density at radius 2 is 1.51 bits per heavy atom. The van der Waals surface area contributed by atoms with Crippen LogP contribution in [0.2, 0.25) is 0 Å². The molecule has 0 fully saturated rings. The average molecular weight is 590 g/mol. The van der Waals surface area contributed by atoms with Crippen molar-refractivity contribution < 1.29 is 27.9 Å². The van der Waals surface area contributed by atoms with E-state index < -0.39 is 39.2 Å². The summed E-state index contributed by atoms with van der Waals surface area (Å²) in [6, 6.07) is 12.5. The molecule has 0 aliphatic carbocycles. The lowest BCUT2D eigenvalue weighted by molar-refractivity contribution is 0.0687. The molecule has 11 nitrogen and oxygen atoms in total. The Morgan fingerprint density at radius 1 is 0.951 bits per heavy atom. The first-order valence-corrected chi connectivity index (χ1v) is 15.3. The van der Waals surface area contributed by atoms with Gasteiger partial charge in [0.1, 0.15) is 0 Å². The first-order chi connectivity index (χ1) is 19.3. The summed E-state index contributed by atoms with van der Waals surface area (Å²) in [5.74, 6) is -1.72. The molecule has 2 aromatic carbocycles. The standard InChI is InChI=1S/C29H43N5O6S/c1-6-13-34(14-7-2)29(38)24-17-22(27(30)36)16-23(18-24)28(37)31-25(15-21-11-9-8-10-12-21)26(35)19-33(5)32-41(39,40)20(3)4/h8-12,16-18,20,25-26,32,35H,6-7,13-15,19H2,1-5H3,(H2,30,36)(H,31,37). The third kappa shape index (κ3) is 10.2. The maximum absolute atomic E-state index is 13.5. The Balaban J connectivity index is 2.38. The van der Waals surface area contributed by atoms with Crippen LogP contribution >= 0.6 is 0 Å². The number of nitrogens with one attached hydrogen (secondary N) is 2. The second-order valence-corrected chi connectivity index (χ2v) is 12.6. The molecule has 5 N–H and O–H groups in total. The average Bonchev–Trinajstić information content (AvgIpc) is 2.91. The zero-order valence-corrected chi connectivity index (χ0v) is 25.3. The minimum atomic E-state index is -3.64. The number of hydrogen-bond acceptors (Lipinski definition) is 7. The number of benzene rings is 2. The maximum atomic E-state index is 13.5. The lowest BCUT2D eigenvalue weighted by Crippen LogP contribution is -2.52. The van der Waals surface area contributed by atoms with Crippen LogP contribution in [0.3, 0.4) is 0 Å². The fourth-order valence-electron chi connectivity index (χ4n) is 4.23. The van der Waals surface area contributed by atoms with E-state index in [9.17, 15) is 27.9 Å². The van der Waals surface area contributed by atoms with Gasteiger partial charge in [-0.1, -0.05) is 44.2 Å². The molecule has 0 saturated heterocycles. The van der Waals surface area contributed by atoms with Crippen LogP contribution in [0.1, 0.15) is 77.2 Å². The number of sulfonamides is 1. The predicted molar refractivity (Wildman–Crippen MR) is 159 cm³/mol. The Labute approximate surface area is 243 Å². The van der Waals surface area contributed by atoms with Gasteiger partial charge < -0.3 is 21.1 Å². The second kappa shape index (κ2) is 15.6. The normalized spacial score (nSPS) is 13.2. The maximum Gasteiger partial charge on any atom is 0.253 e. The zero-order valence-electron chi connectivity index (χ0n) is 24.5. The molecule has 41 heavy (non-hydrogen) atoms. The molecule has 0 saturated carbocycles. The summed E-state index contributed by atoms with van der Waals surface area (Å²) in [6.45, 7) is 7.90. The van der Waals surface area contributed by atoms with Crippen molar-refractivity contribution in [3.8, 4) is 0 Å². The number of nitrogens with two attached hydrogens (primary N) is 1. The molecule has 0 heterocycles. The summed E-state index contributed by atoms with van der Waals surface area (Å²) >= 11 is 0. The number of likely N-dealkylation sites (N-methyl/N-ethyl adjacent to an activating group) is 1. The molecule has 0 aliphatic rings. The van der Waals surface area contributed by atoms with Crippen molar-refractivity contribution in [3.05, 3.63) is 70.8 Å². The van der Waals surface area contributed by atoms with Gasteiger partial charge in [-0.15, -0.1) is 4.83 Å². The second-order valence-electron chi connectivity index (χ2n) is 10.4. The van der Waals surface area contributed by atoms with Crippen molar-refractivity contribution in [2.45, 2.75) is 64.4 Å². The molecule has 0 bridgehead atoms. The molecule has 0 aliphatic heterocycles. The van der Waals surface area contributed by atoms with Crippen LogP contribution in [0.5, 0.6) is 0 Å². The number of carbonyl (C=O) groups is 3. The summed E-state index contributed by atoms with van der Waals surface area (Å²) in [7, 11) is -2.15. The van der Waals surface area contributed by atoms with Crippen LogP contribution < -0.4 is 15.9 Å². The molecule has 2 atom stereocenters. The summed E-state index contributed by atoms with van der Waals surface area (Å²) in [5.41, 5.74) is 6.57. The lowest BCUT2D eigenvalue weighted by atomic mass is 9.99. The van der Waals surface area contributed by atoms with E-state index >= 15 is 0 Å². The fourth-order valence-corrected chi connectivity index (χ4v) is 4.95. The molecule has 2 unspecified atom stereocenters. The van der Waals surface area contributed by atoms with Gasteiger partial charge in [-0.2, -0.15) is 0 Å². The van der Waals surface area contributed by atoms with Crippen molar-refractivity contribution in [2.24, 2.45) is 5.73 Å². The monoisotopic (exact) mass is 589 g/mol. The molecule has 0 spiro atoms. The van der Waals surface area contributed by atoms with Gasteiger partial charge >= 0.3 is 0 Å². The van der Waals surface area contributed by atoms with Crippen LogP contribution in [0.15, 0.2) is 48.5 Å². The Morgan fingerprint density at radius 3 is 2.05 bits per heavy atom. The summed E-state index contributed by atoms with van der Waals surface area (Å²) in [5, 5.41) is 14.5. The third-order valence-corrected chi connectivity index (χ3v) is 8.25. The van der Waals surface area contributed by atoms with Gasteiger partial charge in [0.05, 0.1) is 17.4 Å². The Bertz CT molecular complexity index is 1280. The lowest BCUT2D eigenvalue weighted by Gasteiger charge is -2.29. The number of aliphatic hydroxyl groups excluding tert-OH is 1. The number of nitrogens with zero attached hydrogens (tertiary/aromatic N) is 2. The smallest absolute Gasteiger partial charge is 0.253 e. The minimum absolute atomic E-state index is 0.0110. The van der Waals surface area contributed by atoms with Gasteiger partial charge in [-0.05, 0) is 56.9 Å². The topological polar surface area (TPSA) is 162 Å². The minimum Gasteiger partial charge on any atom is -0.390 e. The summed E-state index contributed by atoms with van der Waals surface area (Å²) in [4.78, 5) is 42.9. The zero-order chi connectivity index (χ0) is 30.7. The number of rotatable bonds is 16. The largest absolute Gasteiger partial charge is 0.390 e. The molecule has 2 rings (SSSR count). The Hall–Kier alpha value is -3.32. The SMILES string of the molecule is CCCN(CCC)C(=O)c1cc(C(N)=O)cc(C(=O)NC(Cc2ccccc2)C(O)CN(C)NS(=O)(=O)C(C)C)c1. The van der Waals surface area contributed by atoms with Crippen LogP contribution in [-0.2, 0) is 16.4 Å². The summed E-state index contributed by atoms with van der Waals surface area (Å²) < 4.78 is 24.6. The fraction of sp³-hybridized carbons (Fsp3) is 0.483. The first-order valence-electron chi connectivity index (χ1n) is 13.8. The molecule has 0 aromatic heterocycles. The van der Waals surface area contributed by atoms with Gasteiger partial charge in [-0.25, -0.2) is 13.4 Å². The molecule has 0 radical (unpaired) electrons. The number of amides is 3. The molecule has 3 amide bonds. The highest BCUT2D eigenvalue weighted by Crippen LogP contribution is 2.16. The van der Waals surface area contributed by atoms with E-state index in [1.165, 1.54) is 44.1 Å². The van der Waals surface area contributed by atoms with Crippen LogP contribution in [-0.4, -0.2) is 85.2 Å². The molecule has 226 valence electrons. The number of aliphatic hydroxyl groups is 1. The van der Waals surface area contributed by atoms with E-state index in [1.807, 2.05) is 44.2 Å². The Kier molecular flexibility index (Phi) is 12.9. The molecule has 2 aromatic rings. The van der Waals surface area contributed by atoms with Gasteiger partial charge in [-0.3, -0.25) is 14.4 Å². The number of hydrazine groups is 1. The quantitative estimate of drug-likeness (QED) is 0.218. The predicted octanol–water partition coefficient (Wildman–Crippen LogP) is 1.92.